The summed E-state index contributed by atoms with van der Waals surface area (Å²) < 4.78 is 32.4. The average molecular weight is 401 g/mol. The molecule has 2 aromatic carbocycles. The number of sulfonamides is 1. The van der Waals surface area contributed by atoms with Crippen LogP contribution in [-0.4, -0.2) is 37.6 Å². The van der Waals surface area contributed by atoms with E-state index in [0.717, 1.165) is 5.56 Å². The summed E-state index contributed by atoms with van der Waals surface area (Å²) in [4.78, 5) is 23.9. The van der Waals surface area contributed by atoms with E-state index in [0.29, 0.717) is 24.2 Å². The minimum absolute atomic E-state index is 0.114. The van der Waals surface area contributed by atoms with Crippen molar-refractivity contribution < 1.29 is 22.7 Å². The van der Waals surface area contributed by atoms with Gasteiger partial charge in [0.25, 0.3) is 0 Å². The maximum atomic E-state index is 12.8. The van der Waals surface area contributed by atoms with Crippen LogP contribution < -0.4 is 4.74 Å². The summed E-state index contributed by atoms with van der Waals surface area (Å²) in [6, 6.07) is 13.2. The van der Waals surface area contributed by atoms with Crippen LogP contribution in [0.25, 0.3) is 0 Å². The summed E-state index contributed by atoms with van der Waals surface area (Å²) in [6.07, 6.45) is 0.824. The van der Waals surface area contributed by atoms with Gasteiger partial charge in [-0.05, 0) is 56.5 Å². The standard InChI is InChI=1S/C21H23NO5S/c1-15-4-3-5-19(14-15)27-21(24)18-10-12-22(13-11-18)28(25,26)20-8-6-17(7-9-20)16(2)23/h3-9,14,18H,10-13H2,1-2H3. The van der Waals surface area contributed by atoms with Gasteiger partial charge in [-0.15, -0.1) is 0 Å². The van der Waals surface area contributed by atoms with E-state index in [1.807, 2.05) is 19.1 Å². The molecular formula is C21H23NO5S. The number of piperidine rings is 1. The maximum Gasteiger partial charge on any atom is 0.314 e. The molecule has 1 heterocycles. The molecule has 2 aromatic rings. The van der Waals surface area contributed by atoms with E-state index in [2.05, 4.69) is 0 Å². The first-order valence-corrected chi connectivity index (χ1v) is 10.6. The fourth-order valence-corrected chi connectivity index (χ4v) is 4.69. The minimum Gasteiger partial charge on any atom is -0.426 e. The van der Waals surface area contributed by atoms with Crippen molar-refractivity contribution in [3.63, 3.8) is 0 Å². The molecular weight excluding hydrogens is 378 g/mol. The summed E-state index contributed by atoms with van der Waals surface area (Å²) in [5.74, 6) is -0.261. The lowest BCUT2D eigenvalue weighted by atomic mass is 9.98. The number of hydrogen-bond donors (Lipinski definition) is 0. The topological polar surface area (TPSA) is 80.8 Å². The molecule has 0 N–H and O–H groups in total. The average Bonchev–Trinajstić information content (AvgIpc) is 2.68. The molecule has 3 rings (SSSR count). The molecule has 6 nitrogen and oxygen atoms in total. The second-order valence-electron chi connectivity index (χ2n) is 7.00. The molecule has 0 atom stereocenters. The molecule has 0 unspecified atom stereocenters. The normalized spacial score (nSPS) is 15.9. The molecule has 1 aliphatic heterocycles. The largest absolute Gasteiger partial charge is 0.426 e. The lowest BCUT2D eigenvalue weighted by Gasteiger charge is -2.30. The molecule has 0 radical (unpaired) electrons. The van der Waals surface area contributed by atoms with Crippen molar-refractivity contribution >= 4 is 21.8 Å². The molecule has 7 heteroatoms. The van der Waals surface area contributed by atoms with Gasteiger partial charge in [0.05, 0.1) is 10.8 Å². The SMILES string of the molecule is CC(=O)c1ccc(S(=O)(=O)N2CCC(C(=O)Oc3cccc(C)c3)CC2)cc1. The second-order valence-corrected chi connectivity index (χ2v) is 8.93. The van der Waals surface area contributed by atoms with E-state index in [1.165, 1.54) is 35.5 Å². The van der Waals surface area contributed by atoms with Crippen LogP contribution in [0.3, 0.4) is 0 Å². The van der Waals surface area contributed by atoms with Crippen LogP contribution in [0, 0.1) is 12.8 Å². The van der Waals surface area contributed by atoms with Crippen molar-refractivity contribution in [2.75, 3.05) is 13.1 Å². The number of carbonyl (C=O) groups excluding carboxylic acids is 2. The van der Waals surface area contributed by atoms with Crippen molar-refractivity contribution in [3.8, 4) is 5.75 Å². The first kappa shape index (κ1) is 20.2. The summed E-state index contributed by atoms with van der Waals surface area (Å²) >= 11 is 0. The highest BCUT2D eigenvalue weighted by atomic mass is 32.2. The monoisotopic (exact) mass is 401 g/mol. The van der Waals surface area contributed by atoms with E-state index < -0.39 is 10.0 Å². The van der Waals surface area contributed by atoms with E-state index in [-0.39, 0.29) is 35.7 Å². The Bertz CT molecular complexity index is 974. The van der Waals surface area contributed by atoms with Gasteiger partial charge in [-0.3, -0.25) is 9.59 Å². The number of esters is 1. The zero-order chi connectivity index (χ0) is 20.3. The zero-order valence-electron chi connectivity index (χ0n) is 15.9. The molecule has 148 valence electrons. The lowest BCUT2D eigenvalue weighted by molar-refractivity contribution is -0.140. The van der Waals surface area contributed by atoms with Crippen LogP contribution in [-0.2, 0) is 14.8 Å². The highest BCUT2D eigenvalue weighted by Crippen LogP contribution is 2.26. The van der Waals surface area contributed by atoms with Gasteiger partial charge in [0.15, 0.2) is 5.78 Å². The first-order valence-electron chi connectivity index (χ1n) is 9.17. The molecule has 0 aromatic heterocycles. The molecule has 0 saturated carbocycles. The Morgan fingerprint density at radius 3 is 2.25 bits per heavy atom. The Labute approximate surface area is 165 Å². The van der Waals surface area contributed by atoms with Crippen LogP contribution >= 0.6 is 0 Å². The van der Waals surface area contributed by atoms with Crippen molar-refractivity contribution in [1.29, 1.82) is 0 Å². The predicted molar refractivity (Wildman–Crippen MR) is 105 cm³/mol. The fourth-order valence-electron chi connectivity index (χ4n) is 3.22. The van der Waals surface area contributed by atoms with Gasteiger partial charge in [0, 0.05) is 18.7 Å². The number of Topliss-reactive ketones (excluding diaryl/α,β-unsaturated/α-hetero) is 1. The van der Waals surface area contributed by atoms with Crippen LogP contribution in [0.15, 0.2) is 53.4 Å². The highest BCUT2D eigenvalue weighted by Gasteiger charge is 2.33. The quantitative estimate of drug-likeness (QED) is 0.437. The van der Waals surface area contributed by atoms with Gasteiger partial charge in [0.1, 0.15) is 5.75 Å². The lowest BCUT2D eigenvalue weighted by Crippen LogP contribution is -2.41. The summed E-state index contributed by atoms with van der Waals surface area (Å²) in [7, 11) is -3.65. The van der Waals surface area contributed by atoms with Crippen molar-refractivity contribution in [1.82, 2.24) is 4.31 Å². The van der Waals surface area contributed by atoms with Gasteiger partial charge in [0.2, 0.25) is 10.0 Å². The Balaban J connectivity index is 1.62. The molecule has 1 aliphatic rings. The van der Waals surface area contributed by atoms with E-state index in [1.54, 1.807) is 12.1 Å². The van der Waals surface area contributed by atoms with Crippen LogP contribution in [0.2, 0.25) is 0 Å². The third kappa shape index (κ3) is 4.48. The van der Waals surface area contributed by atoms with Gasteiger partial charge in [-0.2, -0.15) is 4.31 Å². The highest BCUT2D eigenvalue weighted by molar-refractivity contribution is 7.89. The first-order chi connectivity index (χ1) is 13.3. The number of hydrogen-bond acceptors (Lipinski definition) is 5. The van der Waals surface area contributed by atoms with Gasteiger partial charge < -0.3 is 4.74 Å². The Morgan fingerprint density at radius 1 is 1.04 bits per heavy atom. The Kier molecular flexibility index (Phi) is 5.96. The number of ketones is 1. The fraction of sp³-hybridized carbons (Fsp3) is 0.333. The smallest absolute Gasteiger partial charge is 0.314 e. The summed E-state index contributed by atoms with van der Waals surface area (Å²) in [6.45, 7) is 3.86. The number of ether oxygens (including phenoxy) is 1. The summed E-state index contributed by atoms with van der Waals surface area (Å²) in [5.41, 5.74) is 1.47. The van der Waals surface area contributed by atoms with Crippen molar-refractivity contribution in [2.45, 2.75) is 31.6 Å². The second kappa shape index (κ2) is 8.24. The summed E-state index contributed by atoms with van der Waals surface area (Å²) in [5, 5.41) is 0. The van der Waals surface area contributed by atoms with Crippen molar-refractivity contribution in [2.24, 2.45) is 5.92 Å². The van der Waals surface area contributed by atoms with Gasteiger partial charge in [-0.1, -0.05) is 24.3 Å². The predicted octanol–water partition coefficient (Wildman–Crippen LogP) is 3.20. The molecule has 28 heavy (non-hydrogen) atoms. The minimum atomic E-state index is -3.65. The maximum absolute atomic E-state index is 12.8. The zero-order valence-corrected chi connectivity index (χ0v) is 16.7. The van der Waals surface area contributed by atoms with Gasteiger partial charge >= 0.3 is 5.97 Å². The third-order valence-corrected chi connectivity index (χ3v) is 6.81. The van der Waals surface area contributed by atoms with Crippen LogP contribution in [0.4, 0.5) is 0 Å². The number of carbonyl (C=O) groups is 2. The third-order valence-electron chi connectivity index (χ3n) is 4.89. The molecule has 1 saturated heterocycles. The van der Waals surface area contributed by atoms with Crippen LogP contribution in [0.5, 0.6) is 5.75 Å². The Hall–Kier alpha value is -2.51. The number of benzene rings is 2. The number of aryl methyl sites for hydroxylation is 1. The molecule has 0 amide bonds. The number of rotatable bonds is 5. The molecule has 0 aliphatic carbocycles. The molecule has 1 fully saturated rings. The molecule has 0 spiro atoms. The van der Waals surface area contributed by atoms with Crippen molar-refractivity contribution in [3.05, 3.63) is 59.7 Å². The van der Waals surface area contributed by atoms with Gasteiger partial charge in [-0.25, -0.2) is 8.42 Å². The molecule has 0 bridgehead atoms. The van der Waals surface area contributed by atoms with Crippen LogP contribution in [0.1, 0.15) is 35.7 Å². The Morgan fingerprint density at radius 2 is 1.68 bits per heavy atom. The van der Waals surface area contributed by atoms with E-state index in [4.69, 9.17) is 4.74 Å². The van der Waals surface area contributed by atoms with E-state index >= 15 is 0 Å². The number of nitrogens with zero attached hydrogens (tertiary/aromatic N) is 1. The van der Waals surface area contributed by atoms with E-state index in [9.17, 15) is 18.0 Å².